The Labute approximate surface area is 75.0 Å². The molecular weight excluding hydrogens is 169 g/mol. The van der Waals surface area contributed by atoms with E-state index in [1.807, 2.05) is 6.07 Å². The number of methoxy groups -OCH3 is 1. The summed E-state index contributed by atoms with van der Waals surface area (Å²) in [4.78, 5) is 4.02. The first-order chi connectivity index (χ1) is 6.31. The Bertz CT molecular complexity index is 442. The van der Waals surface area contributed by atoms with Crippen LogP contribution in [0.1, 0.15) is 0 Å². The number of hydrogen-bond donors (Lipinski definition) is 0. The van der Waals surface area contributed by atoms with Gasteiger partial charge in [-0.3, -0.25) is 4.98 Å². The van der Waals surface area contributed by atoms with E-state index >= 15 is 0 Å². The van der Waals surface area contributed by atoms with E-state index in [-0.39, 0.29) is 11.6 Å². The number of hydrogen-bond acceptors (Lipinski definition) is 2. The fourth-order valence-electron chi connectivity index (χ4n) is 1.23. The van der Waals surface area contributed by atoms with E-state index in [0.29, 0.717) is 5.52 Å². The molecule has 0 atom stereocenters. The van der Waals surface area contributed by atoms with Crippen LogP contribution in [0.3, 0.4) is 0 Å². The SMILES string of the molecule is COc1cc2cccnc2cc1F. The Balaban J connectivity index is 2.74. The van der Waals surface area contributed by atoms with Gasteiger partial charge in [-0.1, -0.05) is 6.07 Å². The molecular formula is C10H8FNO. The monoisotopic (exact) mass is 177 g/mol. The van der Waals surface area contributed by atoms with Crippen molar-refractivity contribution < 1.29 is 9.13 Å². The van der Waals surface area contributed by atoms with Gasteiger partial charge in [0.25, 0.3) is 0 Å². The Morgan fingerprint density at radius 3 is 3.00 bits per heavy atom. The van der Waals surface area contributed by atoms with E-state index in [4.69, 9.17) is 4.74 Å². The van der Waals surface area contributed by atoms with Crippen LogP contribution in [0.5, 0.6) is 5.75 Å². The van der Waals surface area contributed by atoms with Gasteiger partial charge in [-0.05, 0) is 12.1 Å². The molecule has 0 aliphatic carbocycles. The fraction of sp³-hybridized carbons (Fsp3) is 0.100. The summed E-state index contributed by atoms with van der Waals surface area (Å²) in [7, 11) is 1.45. The number of rotatable bonds is 1. The van der Waals surface area contributed by atoms with Gasteiger partial charge in [0.2, 0.25) is 0 Å². The molecule has 0 saturated heterocycles. The van der Waals surface area contributed by atoms with Crippen molar-refractivity contribution >= 4 is 10.9 Å². The lowest BCUT2D eigenvalue weighted by molar-refractivity contribution is 0.387. The summed E-state index contributed by atoms with van der Waals surface area (Å²) in [6.07, 6.45) is 1.63. The Kier molecular flexibility index (Phi) is 1.85. The summed E-state index contributed by atoms with van der Waals surface area (Å²) >= 11 is 0. The first kappa shape index (κ1) is 7.98. The van der Waals surface area contributed by atoms with Gasteiger partial charge in [0.1, 0.15) is 0 Å². The molecule has 0 bridgehead atoms. The first-order valence-electron chi connectivity index (χ1n) is 3.89. The fourth-order valence-corrected chi connectivity index (χ4v) is 1.23. The smallest absolute Gasteiger partial charge is 0.167 e. The van der Waals surface area contributed by atoms with Crippen molar-refractivity contribution in [2.24, 2.45) is 0 Å². The van der Waals surface area contributed by atoms with Crippen LogP contribution in [-0.4, -0.2) is 12.1 Å². The third-order valence-electron chi connectivity index (χ3n) is 1.88. The highest BCUT2D eigenvalue weighted by Gasteiger charge is 2.03. The lowest BCUT2D eigenvalue weighted by atomic mass is 10.2. The summed E-state index contributed by atoms with van der Waals surface area (Å²) in [5, 5.41) is 0.876. The minimum atomic E-state index is -0.381. The molecule has 0 N–H and O–H groups in total. The van der Waals surface area contributed by atoms with Gasteiger partial charge >= 0.3 is 0 Å². The molecule has 0 aliphatic rings. The Morgan fingerprint density at radius 1 is 1.38 bits per heavy atom. The van der Waals surface area contributed by atoms with Crippen LogP contribution < -0.4 is 4.74 Å². The summed E-state index contributed by atoms with van der Waals surface area (Å²) in [6.45, 7) is 0. The number of benzene rings is 1. The van der Waals surface area contributed by atoms with E-state index < -0.39 is 0 Å². The topological polar surface area (TPSA) is 22.1 Å². The molecule has 66 valence electrons. The maximum atomic E-state index is 13.2. The lowest BCUT2D eigenvalue weighted by Crippen LogP contribution is -1.88. The average Bonchev–Trinajstić information content (AvgIpc) is 2.17. The zero-order valence-electron chi connectivity index (χ0n) is 7.12. The van der Waals surface area contributed by atoms with Gasteiger partial charge in [0.15, 0.2) is 11.6 Å². The van der Waals surface area contributed by atoms with Gasteiger partial charge in [-0.15, -0.1) is 0 Å². The lowest BCUT2D eigenvalue weighted by Gasteiger charge is -2.02. The quantitative estimate of drug-likeness (QED) is 0.667. The number of ether oxygens (including phenoxy) is 1. The Hall–Kier alpha value is -1.64. The zero-order valence-corrected chi connectivity index (χ0v) is 7.12. The molecule has 0 fully saturated rings. The molecule has 2 nitrogen and oxygen atoms in total. The number of pyridine rings is 1. The van der Waals surface area contributed by atoms with E-state index in [9.17, 15) is 4.39 Å². The van der Waals surface area contributed by atoms with Crippen LogP contribution >= 0.6 is 0 Å². The van der Waals surface area contributed by atoms with E-state index in [1.165, 1.54) is 13.2 Å². The first-order valence-corrected chi connectivity index (χ1v) is 3.89. The van der Waals surface area contributed by atoms with Gasteiger partial charge in [0, 0.05) is 17.6 Å². The molecule has 0 radical (unpaired) electrons. The molecule has 0 spiro atoms. The maximum Gasteiger partial charge on any atom is 0.167 e. The third-order valence-corrected chi connectivity index (χ3v) is 1.88. The van der Waals surface area contributed by atoms with Crippen LogP contribution in [0.15, 0.2) is 30.5 Å². The Morgan fingerprint density at radius 2 is 2.23 bits per heavy atom. The second-order valence-corrected chi connectivity index (χ2v) is 2.68. The number of fused-ring (bicyclic) bond motifs is 1. The minimum Gasteiger partial charge on any atom is -0.494 e. The molecule has 0 unspecified atom stereocenters. The standard InChI is InChI=1S/C10H8FNO/c1-13-10-5-7-3-2-4-12-9(7)6-8(10)11/h2-6H,1H3. The molecule has 0 saturated carbocycles. The third kappa shape index (κ3) is 1.33. The molecule has 3 heteroatoms. The second kappa shape index (κ2) is 3.01. The van der Waals surface area contributed by atoms with Crippen molar-refractivity contribution in [2.75, 3.05) is 7.11 Å². The molecule has 1 aromatic carbocycles. The largest absolute Gasteiger partial charge is 0.494 e. The molecule has 13 heavy (non-hydrogen) atoms. The van der Waals surface area contributed by atoms with Gasteiger partial charge in [-0.2, -0.15) is 0 Å². The van der Waals surface area contributed by atoms with Crippen LogP contribution in [0, 0.1) is 5.82 Å². The highest BCUT2D eigenvalue weighted by atomic mass is 19.1. The highest BCUT2D eigenvalue weighted by molar-refractivity contribution is 5.79. The van der Waals surface area contributed by atoms with Gasteiger partial charge < -0.3 is 4.74 Å². The minimum absolute atomic E-state index is 0.250. The van der Waals surface area contributed by atoms with Crippen molar-refractivity contribution in [3.8, 4) is 5.75 Å². The highest BCUT2D eigenvalue weighted by Crippen LogP contribution is 2.22. The van der Waals surface area contributed by atoms with Crippen molar-refractivity contribution in [3.63, 3.8) is 0 Å². The molecule has 2 aromatic rings. The second-order valence-electron chi connectivity index (χ2n) is 2.68. The molecule has 0 amide bonds. The molecule has 0 aliphatic heterocycles. The summed E-state index contributed by atoms with van der Waals surface area (Å²) in [5.41, 5.74) is 0.640. The summed E-state index contributed by atoms with van der Waals surface area (Å²) in [6, 6.07) is 6.68. The van der Waals surface area contributed by atoms with Crippen molar-refractivity contribution in [1.82, 2.24) is 4.98 Å². The predicted molar refractivity (Wildman–Crippen MR) is 48.3 cm³/mol. The normalized spacial score (nSPS) is 10.3. The van der Waals surface area contributed by atoms with Crippen molar-refractivity contribution in [1.29, 1.82) is 0 Å². The summed E-state index contributed by atoms with van der Waals surface area (Å²) in [5.74, 6) is -0.130. The van der Waals surface area contributed by atoms with Crippen LogP contribution in [-0.2, 0) is 0 Å². The molecule has 2 rings (SSSR count). The van der Waals surface area contributed by atoms with Crippen molar-refractivity contribution in [3.05, 3.63) is 36.3 Å². The summed E-state index contributed by atoms with van der Waals surface area (Å²) < 4.78 is 18.0. The van der Waals surface area contributed by atoms with Gasteiger partial charge in [-0.25, -0.2) is 4.39 Å². The van der Waals surface area contributed by atoms with Crippen molar-refractivity contribution in [2.45, 2.75) is 0 Å². The maximum absolute atomic E-state index is 13.2. The predicted octanol–water partition coefficient (Wildman–Crippen LogP) is 2.38. The van der Waals surface area contributed by atoms with Gasteiger partial charge in [0.05, 0.1) is 12.6 Å². The number of halogens is 1. The van der Waals surface area contributed by atoms with Crippen LogP contribution in [0.25, 0.3) is 10.9 Å². The number of aromatic nitrogens is 1. The molecule has 1 heterocycles. The van der Waals surface area contributed by atoms with Crippen LogP contribution in [0.4, 0.5) is 4.39 Å². The number of nitrogens with zero attached hydrogens (tertiary/aromatic N) is 1. The van der Waals surface area contributed by atoms with E-state index in [1.54, 1.807) is 18.3 Å². The van der Waals surface area contributed by atoms with E-state index in [0.717, 1.165) is 5.39 Å². The van der Waals surface area contributed by atoms with E-state index in [2.05, 4.69) is 4.98 Å². The zero-order chi connectivity index (χ0) is 9.26. The molecule has 1 aromatic heterocycles. The van der Waals surface area contributed by atoms with Crippen LogP contribution in [0.2, 0.25) is 0 Å². The average molecular weight is 177 g/mol.